The molecule has 0 aliphatic heterocycles. The second-order valence-electron chi connectivity index (χ2n) is 6.21. The topological polar surface area (TPSA) is 81.4 Å². The van der Waals surface area contributed by atoms with Gasteiger partial charge in [0, 0.05) is 12.1 Å². The van der Waals surface area contributed by atoms with Crippen LogP contribution in [0.3, 0.4) is 0 Å². The van der Waals surface area contributed by atoms with Gasteiger partial charge in [0.15, 0.2) is 11.3 Å². The number of ketones is 1. The molecule has 6 nitrogen and oxygen atoms in total. The van der Waals surface area contributed by atoms with E-state index in [1.165, 1.54) is 18.3 Å². The third kappa shape index (κ3) is 4.07. The summed E-state index contributed by atoms with van der Waals surface area (Å²) in [5.41, 5.74) is 1.09. The average molecular weight is 424 g/mol. The van der Waals surface area contributed by atoms with Gasteiger partial charge in [-0.15, -0.1) is 4.40 Å². The van der Waals surface area contributed by atoms with E-state index in [1.54, 1.807) is 29.8 Å². The minimum absolute atomic E-state index is 0.0657. The number of carbonyl (C=O) groups excluding carboxylic acids is 1. The summed E-state index contributed by atoms with van der Waals surface area (Å²) in [6.45, 7) is 3.63. The number of hydrogen-bond donors (Lipinski definition) is 0. The lowest BCUT2D eigenvalue weighted by molar-refractivity contribution is -0.123. The van der Waals surface area contributed by atoms with Gasteiger partial charge in [-0.05, 0) is 54.8 Å². The third-order valence-electron chi connectivity index (χ3n) is 4.15. The molecule has 1 fully saturated rings. The Kier molecular flexibility index (Phi) is 4.92. The molecule has 132 valence electrons. The molecular formula is C17H18BrN3O3S. The Bertz CT molecular complexity index is 977. The summed E-state index contributed by atoms with van der Waals surface area (Å²) in [7, 11) is -3.89. The molecule has 8 heteroatoms. The zero-order valence-electron chi connectivity index (χ0n) is 13.9. The predicted octanol–water partition coefficient (Wildman–Crippen LogP) is 2.78. The van der Waals surface area contributed by atoms with Gasteiger partial charge in [-0.2, -0.15) is 8.42 Å². The van der Waals surface area contributed by atoms with Crippen LogP contribution in [0.5, 0.6) is 0 Å². The molecule has 0 bridgehead atoms. The van der Waals surface area contributed by atoms with Crippen LogP contribution in [-0.4, -0.2) is 23.8 Å². The van der Waals surface area contributed by atoms with Crippen molar-refractivity contribution in [3.8, 4) is 0 Å². The standard InChI is InChI=1S/C17H18BrN3O3S/c1-11-3-7-14(8-4-11)25(23,24)20-16-9-19-15(18)10-21(16)12(2)17(22)13-5-6-13/h3-4,7-10,12-13H,5-6H2,1-2H3/b20-16-. The van der Waals surface area contributed by atoms with Crippen LogP contribution in [0.1, 0.15) is 31.4 Å². The Hall–Kier alpha value is -1.80. The van der Waals surface area contributed by atoms with Crippen molar-refractivity contribution in [3.05, 3.63) is 52.3 Å². The SMILES string of the molecule is Cc1ccc(S(=O)(=O)/N=c2/cnc(Br)cn2C(C)C(=O)C2CC2)cc1. The second-order valence-corrected chi connectivity index (χ2v) is 8.62. The van der Waals surface area contributed by atoms with Crippen molar-refractivity contribution in [2.24, 2.45) is 10.3 Å². The summed E-state index contributed by atoms with van der Waals surface area (Å²) in [6, 6.07) is 5.97. The van der Waals surface area contributed by atoms with Gasteiger partial charge in [-0.25, -0.2) is 4.98 Å². The molecular weight excluding hydrogens is 406 g/mol. The number of rotatable bonds is 5. The molecule has 1 aromatic heterocycles. The van der Waals surface area contributed by atoms with E-state index in [-0.39, 0.29) is 22.1 Å². The van der Waals surface area contributed by atoms with Crippen LogP contribution in [-0.2, 0) is 14.8 Å². The monoisotopic (exact) mass is 423 g/mol. The van der Waals surface area contributed by atoms with Gasteiger partial charge >= 0.3 is 0 Å². The molecule has 0 amide bonds. The van der Waals surface area contributed by atoms with Gasteiger partial charge in [0.1, 0.15) is 4.60 Å². The van der Waals surface area contributed by atoms with Crippen LogP contribution in [0.15, 0.2) is 50.6 Å². The minimum Gasteiger partial charge on any atom is -0.318 e. The molecule has 0 radical (unpaired) electrons. The number of aromatic nitrogens is 2. The molecule has 1 aromatic carbocycles. The van der Waals surface area contributed by atoms with Crippen LogP contribution in [0, 0.1) is 12.8 Å². The number of hydrogen-bond acceptors (Lipinski definition) is 4. The number of halogens is 1. The first-order valence-corrected chi connectivity index (χ1v) is 10.2. The Labute approximate surface area is 154 Å². The van der Waals surface area contributed by atoms with Crippen LogP contribution in [0.2, 0.25) is 0 Å². The lowest BCUT2D eigenvalue weighted by atomic mass is 10.1. The molecule has 3 rings (SSSR count). The summed E-state index contributed by atoms with van der Waals surface area (Å²) in [5, 5.41) is 0. The Morgan fingerprint density at radius 3 is 2.56 bits per heavy atom. The smallest absolute Gasteiger partial charge is 0.284 e. The van der Waals surface area contributed by atoms with Gasteiger partial charge < -0.3 is 4.57 Å². The molecule has 1 aliphatic carbocycles. The largest absolute Gasteiger partial charge is 0.318 e. The van der Waals surface area contributed by atoms with Crippen LogP contribution in [0.4, 0.5) is 0 Å². The molecule has 1 aliphatic rings. The molecule has 1 atom stereocenters. The van der Waals surface area contributed by atoms with Gasteiger partial charge in [-0.3, -0.25) is 4.79 Å². The van der Waals surface area contributed by atoms with Crippen molar-refractivity contribution in [2.75, 3.05) is 0 Å². The number of sulfonamides is 1. The van der Waals surface area contributed by atoms with Gasteiger partial charge in [-0.1, -0.05) is 17.7 Å². The molecule has 0 N–H and O–H groups in total. The molecule has 2 aromatic rings. The maximum absolute atomic E-state index is 12.6. The fourth-order valence-electron chi connectivity index (χ4n) is 2.51. The van der Waals surface area contributed by atoms with E-state index in [4.69, 9.17) is 0 Å². The van der Waals surface area contributed by atoms with Gasteiger partial charge in [0.25, 0.3) is 10.0 Å². The third-order valence-corrected chi connectivity index (χ3v) is 5.86. The van der Waals surface area contributed by atoms with Crippen LogP contribution < -0.4 is 5.49 Å². The first-order chi connectivity index (χ1) is 11.8. The number of aryl methyl sites for hydroxylation is 1. The van der Waals surface area contributed by atoms with Crippen molar-refractivity contribution >= 4 is 31.7 Å². The van der Waals surface area contributed by atoms with Crippen LogP contribution in [0.25, 0.3) is 0 Å². The second kappa shape index (κ2) is 6.84. The van der Waals surface area contributed by atoms with E-state index in [0.717, 1.165) is 18.4 Å². The maximum Gasteiger partial charge on any atom is 0.284 e. The summed E-state index contributed by atoms with van der Waals surface area (Å²) in [4.78, 5) is 16.6. The summed E-state index contributed by atoms with van der Waals surface area (Å²) < 4.78 is 31.2. The van der Waals surface area contributed by atoms with E-state index < -0.39 is 16.1 Å². The van der Waals surface area contributed by atoms with Crippen molar-refractivity contribution < 1.29 is 13.2 Å². The Morgan fingerprint density at radius 1 is 1.32 bits per heavy atom. The van der Waals surface area contributed by atoms with Crippen molar-refractivity contribution in [2.45, 2.75) is 37.6 Å². The van der Waals surface area contributed by atoms with E-state index in [2.05, 4.69) is 25.3 Å². The highest BCUT2D eigenvalue weighted by atomic mass is 79.9. The van der Waals surface area contributed by atoms with E-state index >= 15 is 0 Å². The summed E-state index contributed by atoms with van der Waals surface area (Å²) in [5.74, 6) is 0.156. The Morgan fingerprint density at radius 2 is 1.96 bits per heavy atom. The molecule has 0 spiro atoms. The first kappa shape index (κ1) is 18.0. The molecule has 1 saturated carbocycles. The minimum atomic E-state index is -3.89. The summed E-state index contributed by atoms with van der Waals surface area (Å²) in [6.07, 6.45) is 4.73. The lowest BCUT2D eigenvalue weighted by Crippen LogP contribution is -2.30. The van der Waals surface area contributed by atoms with Gasteiger partial charge in [0.2, 0.25) is 0 Å². The van der Waals surface area contributed by atoms with E-state index in [1.807, 2.05) is 6.92 Å². The Balaban J connectivity index is 2.08. The zero-order valence-corrected chi connectivity index (χ0v) is 16.3. The predicted molar refractivity (Wildman–Crippen MR) is 96.3 cm³/mol. The molecule has 1 unspecified atom stereocenters. The number of benzene rings is 1. The highest BCUT2D eigenvalue weighted by Gasteiger charge is 2.33. The average Bonchev–Trinajstić information content (AvgIpc) is 3.40. The molecule has 25 heavy (non-hydrogen) atoms. The summed E-state index contributed by atoms with van der Waals surface area (Å²) >= 11 is 3.26. The normalized spacial score (nSPS) is 16.7. The van der Waals surface area contributed by atoms with E-state index in [9.17, 15) is 13.2 Å². The van der Waals surface area contributed by atoms with Crippen LogP contribution >= 0.6 is 15.9 Å². The molecule has 0 saturated heterocycles. The first-order valence-electron chi connectivity index (χ1n) is 7.93. The number of carbonyl (C=O) groups is 1. The van der Waals surface area contributed by atoms with Gasteiger partial charge in [0.05, 0.1) is 17.1 Å². The fraction of sp³-hybridized carbons (Fsp3) is 0.353. The quantitative estimate of drug-likeness (QED) is 0.739. The fourth-order valence-corrected chi connectivity index (χ4v) is 3.81. The van der Waals surface area contributed by atoms with Crippen molar-refractivity contribution in [3.63, 3.8) is 0 Å². The van der Waals surface area contributed by atoms with Crippen molar-refractivity contribution in [1.82, 2.24) is 9.55 Å². The van der Waals surface area contributed by atoms with E-state index in [0.29, 0.717) is 4.60 Å². The number of Topliss-reactive ketones (excluding diaryl/α,β-unsaturated/α-hetero) is 1. The zero-order chi connectivity index (χ0) is 18.2. The lowest BCUT2D eigenvalue weighted by Gasteiger charge is -2.15. The highest BCUT2D eigenvalue weighted by molar-refractivity contribution is 9.10. The maximum atomic E-state index is 12.6. The number of nitrogens with zero attached hydrogens (tertiary/aromatic N) is 3. The highest BCUT2D eigenvalue weighted by Crippen LogP contribution is 2.33. The molecule has 1 heterocycles. The van der Waals surface area contributed by atoms with Crippen molar-refractivity contribution in [1.29, 1.82) is 0 Å².